The first kappa shape index (κ1) is 13.1. The predicted octanol–water partition coefficient (Wildman–Crippen LogP) is 3.25. The van der Waals surface area contributed by atoms with Gasteiger partial charge in [-0.3, -0.25) is 4.79 Å². The fourth-order valence-electron chi connectivity index (χ4n) is 1.54. The molecular weight excluding hydrogens is 261 g/mol. The number of anilines is 1. The minimum atomic E-state index is -4.54. The second-order valence-corrected chi connectivity index (χ2v) is 3.76. The maximum Gasteiger partial charge on any atom is 0.418 e. The van der Waals surface area contributed by atoms with Crippen LogP contribution in [0.25, 0.3) is 0 Å². The number of hydrogen-bond donors (Lipinski definition) is 1. The SMILES string of the molecule is Cc1ncoc1C(=O)Nc1ccccc1C(F)(F)F. The number of nitrogens with one attached hydrogen (secondary N) is 1. The first-order chi connectivity index (χ1) is 8.89. The van der Waals surface area contributed by atoms with Crippen LogP contribution in [0.5, 0.6) is 0 Å². The van der Waals surface area contributed by atoms with Gasteiger partial charge >= 0.3 is 6.18 Å². The monoisotopic (exact) mass is 270 g/mol. The van der Waals surface area contributed by atoms with Gasteiger partial charge in [0.15, 0.2) is 6.39 Å². The van der Waals surface area contributed by atoms with E-state index in [0.29, 0.717) is 5.69 Å². The van der Waals surface area contributed by atoms with Crippen molar-refractivity contribution in [2.24, 2.45) is 0 Å². The Morgan fingerprint density at radius 2 is 2.00 bits per heavy atom. The van der Waals surface area contributed by atoms with Gasteiger partial charge in [-0.05, 0) is 19.1 Å². The molecule has 1 aromatic heterocycles. The summed E-state index contributed by atoms with van der Waals surface area (Å²) < 4.78 is 43.0. The Labute approximate surface area is 106 Å². The summed E-state index contributed by atoms with van der Waals surface area (Å²) >= 11 is 0. The lowest BCUT2D eigenvalue weighted by molar-refractivity contribution is -0.136. The van der Waals surface area contributed by atoms with Crippen molar-refractivity contribution in [2.75, 3.05) is 5.32 Å². The Morgan fingerprint density at radius 1 is 1.32 bits per heavy atom. The van der Waals surface area contributed by atoms with E-state index >= 15 is 0 Å². The third kappa shape index (κ3) is 2.75. The van der Waals surface area contributed by atoms with Gasteiger partial charge in [0, 0.05) is 0 Å². The van der Waals surface area contributed by atoms with Crippen molar-refractivity contribution in [3.63, 3.8) is 0 Å². The van der Waals surface area contributed by atoms with E-state index in [1.807, 2.05) is 0 Å². The molecular formula is C12H9F3N2O2. The van der Waals surface area contributed by atoms with Gasteiger partial charge in [-0.15, -0.1) is 0 Å². The van der Waals surface area contributed by atoms with Crippen LogP contribution in [0, 0.1) is 6.92 Å². The molecule has 0 saturated carbocycles. The zero-order valence-electron chi connectivity index (χ0n) is 9.78. The largest absolute Gasteiger partial charge is 0.438 e. The Morgan fingerprint density at radius 3 is 2.58 bits per heavy atom. The molecule has 0 aliphatic rings. The fourth-order valence-corrected chi connectivity index (χ4v) is 1.54. The maximum absolute atomic E-state index is 12.7. The quantitative estimate of drug-likeness (QED) is 0.911. The van der Waals surface area contributed by atoms with E-state index < -0.39 is 17.6 Å². The second-order valence-electron chi connectivity index (χ2n) is 3.76. The zero-order valence-corrected chi connectivity index (χ0v) is 9.78. The lowest BCUT2D eigenvalue weighted by Crippen LogP contribution is -2.16. The van der Waals surface area contributed by atoms with E-state index in [1.165, 1.54) is 25.1 Å². The third-order valence-electron chi connectivity index (χ3n) is 2.43. The summed E-state index contributed by atoms with van der Waals surface area (Å²) in [6.45, 7) is 1.52. The van der Waals surface area contributed by atoms with Gasteiger partial charge in [0.1, 0.15) is 0 Å². The molecule has 0 atom stereocenters. The number of carbonyl (C=O) groups excluding carboxylic acids is 1. The number of para-hydroxylation sites is 1. The Hall–Kier alpha value is -2.31. The van der Waals surface area contributed by atoms with Crippen LogP contribution in [-0.4, -0.2) is 10.9 Å². The second kappa shape index (κ2) is 4.75. The number of alkyl halides is 3. The Bertz CT molecular complexity index is 605. The van der Waals surface area contributed by atoms with Crippen molar-refractivity contribution in [1.82, 2.24) is 4.98 Å². The number of oxazole rings is 1. The van der Waals surface area contributed by atoms with Crippen molar-refractivity contribution >= 4 is 11.6 Å². The number of benzene rings is 1. The number of halogens is 3. The molecule has 1 N–H and O–H groups in total. The molecule has 0 radical (unpaired) electrons. The Kier molecular flexibility index (Phi) is 3.28. The van der Waals surface area contributed by atoms with Crippen molar-refractivity contribution < 1.29 is 22.4 Å². The summed E-state index contributed by atoms with van der Waals surface area (Å²) in [6, 6.07) is 4.71. The number of aromatic nitrogens is 1. The lowest BCUT2D eigenvalue weighted by atomic mass is 10.1. The summed E-state index contributed by atoms with van der Waals surface area (Å²) in [5, 5.41) is 2.17. The summed E-state index contributed by atoms with van der Waals surface area (Å²) in [6.07, 6.45) is -3.49. The maximum atomic E-state index is 12.7. The average Bonchev–Trinajstić information content (AvgIpc) is 2.75. The van der Waals surface area contributed by atoms with E-state index in [1.54, 1.807) is 0 Å². The molecule has 0 aliphatic heterocycles. The fraction of sp³-hybridized carbons (Fsp3) is 0.167. The highest BCUT2D eigenvalue weighted by molar-refractivity contribution is 6.03. The summed E-state index contributed by atoms with van der Waals surface area (Å²) in [5.41, 5.74) is -0.932. The van der Waals surface area contributed by atoms with Crippen LogP contribution in [0.4, 0.5) is 18.9 Å². The number of carbonyl (C=O) groups is 1. The predicted molar refractivity (Wildman–Crippen MR) is 60.6 cm³/mol. The van der Waals surface area contributed by atoms with Gasteiger partial charge in [0.25, 0.3) is 5.91 Å². The molecule has 100 valence electrons. The van der Waals surface area contributed by atoms with E-state index in [2.05, 4.69) is 10.3 Å². The van der Waals surface area contributed by atoms with Gasteiger partial charge in [-0.2, -0.15) is 13.2 Å². The van der Waals surface area contributed by atoms with Crippen LogP contribution in [0.3, 0.4) is 0 Å². The lowest BCUT2D eigenvalue weighted by Gasteiger charge is -2.12. The molecule has 0 spiro atoms. The standard InChI is InChI=1S/C12H9F3N2O2/c1-7-10(19-6-16-7)11(18)17-9-5-3-2-4-8(9)12(13,14)15/h2-6H,1H3,(H,17,18). The Balaban J connectivity index is 2.30. The number of aryl methyl sites for hydroxylation is 1. The molecule has 4 nitrogen and oxygen atoms in total. The molecule has 0 fully saturated rings. The first-order valence-corrected chi connectivity index (χ1v) is 5.27. The van der Waals surface area contributed by atoms with Crippen LogP contribution in [0.2, 0.25) is 0 Å². The highest BCUT2D eigenvalue weighted by Gasteiger charge is 2.33. The number of nitrogens with zero attached hydrogens (tertiary/aromatic N) is 1. The highest BCUT2D eigenvalue weighted by atomic mass is 19.4. The average molecular weight is 270 g/mol. The summed E-state index contributed by atoms with van der Waals surface area (Å²) in [4.78, 5) is 15.5. The van der Waals surface area contributed by atoms with Gasteiger partial charge in [0.2, 0.25) is 5.76 Å². The third-order valence-corrected chi connectivity index (χ3v) is 2.43. The van der Waals surface area contributed by atoms with E-state index in [4.69, 9.17) is 4.42 Å². The minimum absolute atomic E-state index is 0.114. The molecule has 0 saturated heterocycles. The molecule has 1 heterocycles. The van der Waals surface area contributed by atoms with Crippen LogP contribution in [0.1, 0.15) is 21.8 Å². The zero-order chi connectivity index (χ0) is 14.0. The van der Waals surface area contributed by atoms with Crippen molar-refractivity contribution in [2.45, 2.75) is 13.1 Å². The summed E-state index contributed by atoms with van der Waals surface area (Å²) in [5.74, 6) is -0.885. The van der Waals surface area contributed by atoms with Crippen LogP contribution in [0.15, 0.2) is 35.1 Å². The van der Waals surface area contributed by atoms with Gasteiger partial charge in [0.05, 0.1) is 16.9 Å². The normalized spacial score (nSPS) is 11.4. The molecule has 19 heavy (non-hydrogen) atoms. The van der Waals surface area contributed by atoms with E-state index in [0.717, 1.165) is 12.5 Å². The molecule has 1 aromatic carbocycles. The highest BCUT2D eigenvalue weighted by Crippen LogP contribution is 2.34. The van der Waals surface area contributed by atoms with Gasteiger partial charge in [-0.25, -0.2) is 4.98 Å². The van der Waals surface area contributed by atoms with Gasteiger partial charge < -0.3 is 9.73 Å². The topological polar surface area (TPSA) is 55.1 Å². The van der Waals surface area contributed by atoms with Gasteiger partial charge in [-0.1, -0.05) is 12.1 Å². The molecule has 0 bridgehead atoms. The smallest absolute Gasteiger partial charge is 0.418 e. The number of amides is 1. The van der Waals surface area contributed by atoms with Crippen LogP contribution < -0.4 is 5.32 Å². The van der Waals surface area contributed by atoms with Crippen molar-refractivity contribution in [3.8, 4) is 0 Å². The first-order valence-electron chi connectivity index (χ1n) is 5.27. The van der Waals surface area contributed by atoms with E-state index in [-0.39, 0.29) is 11.4 Å². The van der Waals surface area contributed by atoms with Crippen LogP contribution >= 0.6 is 0 Å². The molecule has 2 rings (SSSR count). The number of hydrogen-bond acceptors (Lipinski definition) is 3. The molecule has 1 amide bonds. The number of rotatable bonds is 2. The van der Waals surface area contributed by atoms with Crippen molar-refractivity contribution in [3.05, 3.63) is 47.7 Å². The van der Waals surface area contributed by atoms with E-state index in [9.17, 15) is 18.0 Å². The minimum Gasteiger partial charge on any atom is -0.438 e. The van der Waals surface area contributed by atoms with Crippen molar-refractivity contribution in [1.29, 1.82) is 0 Å². The molecule has 2 aromatic rings. The molecule has 0 aliphatic carbocycles. The molecule has 0 unspecified atom stereocenters. The summed E-state index contributed by atoms with van der Waals surface area (Å²) in [7, 11) is 0. The molecule has 7 heteroatoms. The van der Waals surface area contributed by atoms with Crippen LogP contribution in [-0.2, 0) is 6.18 Å².